The molecule has 2 aromatic rings. The fraction of sp³-hybridized carbons (Fsp3) is 0.591. The molecule has 1 heterocycles. The highest BCUT2D eigenvalue weighted by molar-refractivity contribution is 7.99. The number of benzene rings is 1. The summed E-state index contributed by atoms with van der Waals surface area (Å²) >= 11 is 1.37. The Morgan fingerprint density at radius 3 is 2.71 bits per heavy atom. The van der Waals surface area contributed by atoms with Crippen molar-refractivity contribution in [1.82, 2.24) is 14.9 Å². The molecule has 1 saturated carbocycles. The number of unbranched alkanes of at least 4 members (excludes halogenated alkanes) is 3. The minimum absolute atomic E-state index is 0.00196. The van der Waals surface area contributed by atoms with Crippen molar-refractivity contribution in [2.45, 2.75) is 76.5 Å². The van der Waals surface area contributed by atoms with Crippen molar-refractivity contribution in [1.29, 1.82) is 0 Å². The molecule has 1 N–H and O–H groups in total. The van der Waals surface area contributed by atoms with Crippen LogP contribution in [0.5, 0.6) is 0 Å². The van der Waals surface area contributed by atoms with Crippen LogP contribution < -0.4 is 10.9 Å². The highest BCUT2D eigenvalue weighted by Crippen LogP contribution is 2.21. The van der Waals surface area contributed by atoms with Crippen molar-refractivity contribution in [3.63, 3.8) is 0 Å². The number of carbonyl (C=O) groups is 1. The van der Waals surface area contributed by atoms with Gasteiger partial charge in [-0.1, -0.05) is 63.4 Å². The Morgan fingerprint density at radius 2 is 1.96 bits per heavy atom. The van der Waals surface area contributed by atoms with Gasteiger partial charge in [0, 0.05) is 12.6 Å². The first kappa shape index (κ1) is 20.9. The highest BCUT2D eigenvalue weighted by atomic mass is 32.2. The van der Waals surface area contributed by atoms with Crippen LogP contribution in [0.25, 0.3) is 10.9 Å². The molecular weight excluding hydrogens is 370 g/mol. The number of thioether (sulfide) groups is 1. The SMILES string of the molecule is CC(C)CCCCCCn1c(SCC(=O)NC2CC2)nc2ccccc2c1=O. The third-order valence-corrected chi connectivity index (χ3v) is 5.99. The summed E-state index contributed by atoms with van der Waals surface area (Å²) in [5, 5.41) is 4.29. The molecule has 1 aromatic heterocycles. The van der Waals surface area contributed by atoms with Gasteiger partial charge in [0.15, 0.2) is 5.16 Å². The lowest BCUT2D eigenvalue weighted by Crippen LogP contribution is -2.28. The smallest absolute Gasteiger partial charge is 0.262 e. The Balaban J connectivity index is 1.67. The normalized spacial score (nSPS) is 14.0. The summed E-state index contributed by atoms with van der Waals surface area (Å²) in [5.74, 6) is 1.07. The Hall–Kier alpha value is -1.82. The van der Waals surface area contributed by atoms with Crippen molar-refractivity contribution < 1.29 is 4.79 Å². The summed E-state index contributed by atoms with van der Waals surface area (Å²) in [4.78, 5) is 29.8. The van der Waals surface area contributed by atoms with Crippen LogP contribution in [-0.2, 0) is 11.3 Å². The van der Waals surface area contributed by atoms with Gasteiger partial charge in [-0.3, -0.25) is 14.2 Å². The fourth-order valence-corrected chi connectivity index (χ4v) is 4.09. The van der Waals surface area contributed by atoms with Gasteiger partial charge >= 0.3 is 0 Å². The van der Waals surface area contributed by atoms with E-state index in [2.05, 4.69) is 24.1 Å². The number of hydrogen-bond acceptors (Lipinski definition) is 4. The van der Waals surface area contributed by atoms with E-state index in [0.717, 1.165) is 31.6 Å². The molecule has 1 aromatic carbocycles. The summed E-state index contributed by atoms with van der Waals surface area (Å²) in [6, 6.07) is 7.81. The lowest BCUT2D eigenvalue weighted by atomic mass is 10.0. The van der Waals surface area contributed by atoms with Gasteiger partial charge in [0.1, 0.15) is 0 Å². The van der Waals surface area contributed by atoms with E-state index in [0.29, 0.717) is 34.4 Å². The van der Waals surface area contributed by atoms with Gasteiger partial charge in [0.05, 0.1) is 16.7 Å². The molecule has 6 heteroatoms. The minimum atomic E-state index is -0.00196. The van der Waals surface area contributed by atoms with Crippen molar-refractivity contribution in [2.75, 3.05) is 5.75 Å². The maximum absolute atomic E-state index is 13.0. The monoisotopic (exact) mass is 401 g/mol. The zero-order valence-electron chi connectivity index (χ0n) is 16.9. The number of amides is 1. The Labute approximate surface area is 171 Å². The Bertz CT molecular complexity index is 858. The quantitative estimate of drug-likeness (QED) is 0.345. The predicted molar refractivity (Wildman–Crippen MR) is 116 cm³/mol. The maximum Gasteiger partial charge on any atom is 0.262 e. The van der Waals surface area contributed by atoms with Crippen LogP contribution in [-0.4, -0.2) is 27.3 Å². The van der Waals surface area contributed by atoms with Crippen molar-refractivity contribution >= 4 is 28.6 Å². The minimum Gasteiger partial charge on any atom is -0.353 e. The maximum atomic E-state index is 13.0. The molecule has 3 rings (SSSR count). The van der Waals surface area contributed by atoms with Crippen molar-refractivity contribution in [3.05, 3.63) is 34.6 Å². The van der Waals surface area contributed by atoms with Crippen LogP contribution in [0.4, 0.5) is 0 Å². The number of fused-ring (bicyclic) bond motifs is 1. The highest BCUT2D eigenvalue weighted by Gasteiger charge is 2.23. The number of nitrogens with zero attached hydrogens (tertiary/aromatic N) is 2. The summed E-state index contributed by atoms with van der Waals surface area (Å²) in [6.07, 6.45) is 7.91. The molecule has 28 heavy (non-hydrogen) atoms. The molecule has 0 atom stereocenters. The van der Waals surface area contributed by atoms with Crippen LogP contribution in [0.2, 0.25) is 0 Å². The van der Waals surface area contributed by atoms with Crippen LogP contribution in [0, 0.1) is 5.92 Å². The van der Waals surface area contributed by atoms with Crippen LogP contribution in [0.1, 0.15) is 58.8 Å². The third kappa shape index (κ3) is 6.09. The lowest BCUT2D eigenvalue weighted by Gasteiger charge is -2.13. The van der Waals surface area contributed by atoms with Gasteiger partial charge in [-0.05, 0) is 37.3 Å². The zero-order chi connectivity index (χ0) is 19.9. The first-order valence-electron chi connectivity index (χ1n) is 10.5. The Kier molecular flexibility index (Phi) is 7.54. The molecule has 0 spiro atoms. The van der Waals surface area contributed by atoms with E-state index < -0.39 is 0 Å². The zero-order valence-corrected chi connectivity index (χ0v) is 17.8. The summed E-state index contributed by atoms with van der Waals surface area (Å²) in [7, 11) is 0. The first-order chi connectivity index (χ1) is 13.5. The Morgan fingerprint density at radius 1 is 1.21 bits per heavy atom. The molecule has 5 nitrogen and oxygen atoms in total. The van der Waals surface area contributed by atoms with E-state index in [1.54, 1.807) is 4.57 Å². The second kappa shape index (κ2) is 10.1. The van der Waals surface area contributed by atoms with E-state index in [9.17, 15) is 9.59 Å². The standard InChI is InChI=1S/C22H31N3O2S/c1-16(2)9-5-3-4-8-14-25-21(27)18-10-6-7-11-19(18)24-22(25)28-15-20(26)23-17-12-13-17/h6-7,10-11,16-17H,3-5,8-9,12-15H2,1-2H3,(H,23,26). The van der Waals surface area contributed by atoms with Gasteiger partial charge in [-0.15, -0.1) is 0 Å². The number of para-hydroxylation sites is 1. The third-order valence-electron chi connectivity index (χ3n) is 5.01. The molecule has 1 fully saturated rings. The molecule has 0 radical (unpaired) electrons. The number of hydrogen-bond donors (Lipinski definition) is 1. The predicted octanol–water partition coefficient (Wildman–Crippen LogP) is 4.37. The van der Waals surface area contributed by atoms with E-state index in [-0.39, 0.29) is 11.5 Å². The van der Waals surface area contributed by atoms with Gasteiger partial charge in [-0.2, -0.15) is 0 Å². The lowest BCUT2D eigenvalue weighted by molar-refractivity contribution is -0.118. The van der Waals surface area contributed by atoms with Crippen LogP contribution in [0.3, 0.4) is 0 Å². The second-order valence-electron chi connectivity index (χ2n) is 8.10. The fourth-order valence-electron chi connectivity index (χ4n) is 3.26. The number of nitrogens with one attached hydrogen (secondary N) is 1. The van der Waals surface area contributed by atoms with Gasteiger partial charge < -0.3 is 5.32 Å². The molecule has 0 bridgehead atoms. The van der Waals surface area contributed by atoms with E-state index >= 15 is 0 Å². The topological polar surface area (TPSA) is 64.0 Å². The van der Waals surface area contributed by atoms with Gasteiger partial charge in [0.25, 0.3) is 5.56 Å². The number of aromatic nitrogens is 2. The van der Waals surface area contributed by atoms with Crippen molar-refractivity contribution in [3.8, 4) is 0 Å². The van der Waals surface area contributed by atoms with Crippen LogP contribution in [0.15, 0.2) is 34.2 Å². The largest absolute Gasteiger partial charge is 0.353 e. The molecule has 0 unspecified atom stereocenters. The second-order valence-corrected chi connectivity index (χ2v) is 9.04. The van der Waals surface area contributed by atoms with Gasteiger partial charge in [-0.25, -0.2) is 4.98 Å². The first-order valence-corrected chi connectivity index (χ1v) is 11.4. The molecule has 1 aliphatic rings. The molecule has 0 saturated heterocycles. The van der Waals surface area contributed by atoms with E-state index in [1.165, 1.54) is 31.0 Å². The van der Waals surface area contributed by atoms with E-state index in [4.69, 9.17) is 0 Å². The molecule has 1 aliphatic carbocycles. The summed E-state index contributed by atoms with van der Waals surface area (Å²) < 4.78 is 1.76. The van der Waals surface area contributed by atoms with Crippen LogP contribution >= 0.6 is 11.8 Å². The van der Waals surface area contributed by atoms with Crippen molar-refractivity contribution in [2.24, 2.45) is 5.92 Å². The van der Waals surface area contributed by atoms with Gasteiger partial charge in [0.2, 0.25) is 5.91 Å². The molecule has 152 valence electrons. The average molecular weight is 402 g/mol. The number of rotatable bonds is 11. The van der Waals surface area contributed by atoms with E-state index in [1.807, 2.05) is 24.3 Å². The molecule has 1 amide bonds. The number of carbonyl (C=O) groups excluding carboxylic acids is 1. The molecule has 0 aliphatic heterocycles. The summed E-state index contributed by atoms with van der Waals surface area (Å²) in [5.41, 5.74) is 0.698. The summed E-state index contributed by atoms with van der Waals surface area (Å²) in [6.45, 7) is 5.16. The average Bonchev–Trinajstić information content (AvgIpc) is 3.48. The molecular formula is C22H31N3O2S.